The van der Waals surface area contributed by atoms with Crippen molar-refractivity contribution in [3.8, 4) is 10.6 Å². The van der Waals surface area contributed by atoms with Crippen molar-refractivity contribution in [2.75, 3.05) is 36.4 Å². The van der Waals surface area contributed by atoms with E-state index in [0.717, 1.165) is 52.8 Å². The van der Waals surface area contributed by atoms with Crippen LogP contribution in [-0.2, 0) is 4.79 Å². The SMILES string of the molecule is CC(=O)Nc1nc(-c2cc(Cl)cs2)c(N2CCN(C3CCCCC3)CC2)s1. The summed E-state index contributed by atoms with van der Waals surface area (Å²) in [6.45, 7) is 5.73. The monoisotopic (exact) mass is 424 g/mol. The summed E-state index contributed by atoms with van der Waals surface area (Å²) in [6.07, 6.45) is 6.86. The zero-order valence-corrected chi connectivity index (χ0v) is 17.9. The molecule has 2 aliphatic rings. The van der Waals surface area contributed by atoms with Gasteiger partial charge in [0.1, 0.15) is 10.7 Å². The van der Waals surface area contributed by atoms with Crippen LogP contribution in [-0.4, -0.2) is 48.0 Å². The molecule has 4 rings (SSSR count). The van der Waals surface area contributed by atoms with Gasteiger partial charge >= 0.3 is 0 Å². The Bertz CT molecular complexity index is 791. The Kier molecular flexibility index (Phi) is 6.02. The molecule has 1 aliphatic heterocycles. The van der Waals surface area contributed by atoms with Crippen LogP contribution in [0, 0.1) is 0 Å². The van der Waals surface area contributed by atoms with E-state index in [2.05, 4.69) is 15.1 Å². The minimum atomic E-state index is -0.0896. The smallest absolute Gasteiger partial charge is 0.223 e. The largest absolute Gasteiger partial charge is 0.359 e. The number of thiophene rings is 1. The first-order valence-electron chi connectivity index (χ1n) is 9.62. The molecule has 1 N–H and O–H groups in total. The molecule has 3 heterocycles. The van der Waals surface area contributed by atoms with Crippen molar-refractivity contribution >= 4 is 50.3 Å². The maximum atomic E-state index is 11.5. The fourth-order valence-electron chi connectivity index (χ4n) is 4.06. The Balaban J connectivity index is 1.52. The summed E-state index contributed by atoms with van der Waals surface area (Å²) in [5.74, 6) is -0.0896. The summed E-state index contributed by atoms with van der Waals surface area (Å²) in [4.78, 5) is 22.3. The van der Waals surface area contributed by atoms with Crippen LogP contribution in [0.15, 0.2) is 11.4 Å². The molecule has 1 amide bonds. The fourth-order valence-corrected chi connectivity index (χ4v) is 6.27. The number of hydrogen-bond acceptors (Lipinski definition) is 6. The third-order valence-electron chi connectivity index (χ3n) is 5.39. The summed E-state index contributed by atoms with van der Waals surface area (Å²) >= 11 is 9.30. The molecule has 5 nitrogen and oxygen atoms in total. The summed E-state index contributed by atoms with van der Waals surface area (Å²) < 4.78 is 0. The Morgan fingerprint density at radius 1 is 1.22 bits per heavy atom. The average Bonchev–Trinajstić information content (AvgIpc) is 3.28. The summed E-state index contributed by atoms with van der Waals surface area (Å²) in [7, 11) is 0. The van der Waals surface area contributed by atoms with E-state index in [9.17, 15) is 4.79 Å². The number of amides is 1. The van der Waals surface area contributed by atoms with E-state index in [-0.39, 0.29) is 5.91 Å². The fraction of sp³-hybridized carbons (Fsp3) is 0.579. The quantitative estimate of drug-likeness (QED) is 0.755. The lowest BCUT2D eigenvalue weighted by molar-refractivity contribution is -0.114. The van der Waals surface area contributed by atoms with Gasteiger partial charge in [-0.05, 0) is 18.9 Å². The van der Waals surface area contributed by atoms with E-state index < -0.39 is 0 Å². The van der Waals surface area contributed by atoms with Gasteiger partial charge in [-0.3, -0.25) is 9.69 Å². The highest BCUT2D eigenvalue weighted by molar-refractivity contribution is 7.21. The third kappa shape index (κ3) is 4.47. The normalized spacial score (nSPS) is 19.4. The number of thiazole rings is 1. The van der Waals surface area contributed by atoms with Gasteiger partial charge in [0.05, 0.1) is 9.90 Å². The van der Waals surface area contributed by atoms with Gasteiger partial charge in [-0.15, -0.1) is 11.3 Å². The lowest BCUT2D eigenvalue weighted by atomic mass is 9.94. The number of nitrogens with one attached hydrogen (secondary N) is 1. The number of carbonyl (C=O) groups is 1. The second-order valence-electron chi connectivity index (χ2n) is 7.30. The molecule has 2 aromatic rings. The van der Waals surface area contributed by atoms with E-state index in [4.69, 9.17) is 16.6 Å². The van der Waals surface area contributed by atoms with Gasteiger partial charge in [-0.25, -0.2) is 4.98 Å². The van der Waals surface area contributed by atoms with Crippen LogP contribution >= 0.6 is 34.3 Å². The van der Waals surface area contributed by atoms with Gasteiger partial charge < -0.3 is 10.2 Å². The summed E-state index contributed by atoms with van der Waals surface area (Å²) in [5.41, 5.74) is 0.937. The molecule has 27 heavy (non-hydrogen) atoms. The lowest BCUT2D eigenvalue weighted by Crippen LogP contribution is -2.50. The number of nitrogens with zero attached hydrogens (tertiary/aromatic N) is 3. The van der Waals surface area contributed by atoms with Crippen LogP contribution in [0.3, 0.4) is 0 Å². The molecule has 8 heteroatoms. The van der Waals surface area contributed by atoms with Crippen molar-refractivity contribution in [2.24, 2.45) is 0 Å². The molecule has 0 radical (unpaired) electrons. The molecular formula is C19H25ClN4OS2. The maximum absolute atomic E-state index is 11.5. The van der Waals surface area contributed by atoms with Crippen LogP contribution < -0.4 is 10.2 Å². The molecular weight excluding hydrogens is 400 g/mol. The lowest BCUT2D eigenvalue weighted by Gasteiger charge is -2.41. The van der Waals surface area contributed by atoms with Gasteiger partial charge in [0.2, 0.25) is 5.91 Å². The zero-order chi connectivity index (χ0) is 18.8. The molecule has 0 bridgehead atoms. The minimum absolute atomic E-state index is 0.0896. The van der Waals surface area contributed by atoms with Gasteiger partial charge in [-0.2, -0.15) is 0 Å². The van der Waals surface area contributed by atoms with E-state index in [1.165, 1.54) is 39.0 Å². The maximum Gasteiger partial charge on any atom is 0.223 e. The summed E-state index contributed by atoms with van der Waals surface area (Å²) in [5, 5.41) is 7.31. The zero-order valence-electron chi connectivity index (χ0n) is 15.5. The number of hydrogen-bond donors (Lipinski definition) is 1. The molecule has 146 valence electrons. The highest BCUT2D eigenvalue weighted by Gasteiger charge is 2.28. The first kappa shape index (κ1) is 19.2. The van der Waals surface area contributed by atoms with Gasteiger partial charge in [0.15, 0.2) is 5.13 Å². The number of anilines is 2. The molecule has 0 unspecified atom stereocenters. The van der Waals surface area contributed by atoms with Gasteiger partial charge in [0.25, 0.3) is 0 Å². The molecule has 2 aromatic heterocycles. The van der Waals surface area contributed by atoms with Gasteiger partial charge in [-0.1, -0.05) is 42.2 Å². The number of carbonyl (C=O) groups excluding carboxylic acids is 1. The standard InChI is InChI=1S/C19H25ClN4OS2/c1-13(25)21-19-22-17(16-11-14(20)12-26-16)18(27-19)24-9-7-23(8-10-24)15-5-3-2-4-6-15/h11-12,15H,2-10H2,1H3,(H,21,22,25). The number of rotatable bonds is 4. The Morgan fingerprint density at radius 3 is 2.59 bits per heavy atom. The second kappa shape index (κ2) is 8.47. The first-order chi connectivity index (χ1) is 13.1. The molecule has 2 fully saturated rings. The van der Waals surface area contributed by atoms with Crippen molar-refractivity contribution in [3.63, 3.8) is 0 Å². The highest BCUT2D eigenvalue weighted by atomic mass is 35.5. The number of aromatic nitrogens is 1. The number of halogens is 1. The van der Waals surface area contributed by atoms with Crippen LogP contribution in [0.4, 0.5) is 10.1 Å². The first-order valence-corrected chi connectivity index (χ1v) is 11.7. The topological polar surface area (TPSA) is 48.5 Å². The Labute approximate surface area is 173 Å². The van der Waals surface area contributed by atoms with Crippen molar-refractivity contribution in [3.05, 3.63) is 16.5 Å². The van der Waals surface area contributed by atoms with E-state index in [0.29, 0.717) is 5.13 Å². The van der Waals surface area contributed by atoms with Crippen LogP contribution in [0.5, 0.6) is 0 Å². The molecule has 1 saturated carbocycles. The molecule has 0 spiro atoms. The summed E-state index contributed by atoms with van der Waals surface area (Å²) in [6, 6.07) is 2.73. The average molecular weight is 425 g/mol. The van der Waals surface area contributed by atoms with Crippen LogP contribution in [0.2, 0.25) is 5.02 Å². The van der Waals surface area contributed by atoms with Crippen molar-refractivity contribution in [1.29, 1.82) is 0 Å². The highest BCUT2D eigenvalue weighted by Crippen LogP contribution is 2.42. The van der Waals surface area contributed by atoms with E-state index >= 15 is 0 Å². The predicted octanol–water partition coefficient (Wildman–Crippen LogP) is 4.94. The Hall–Kier alpha value is -1.15. The molecule has 1 aliphatic carbocycles. The van der Waals surface area contributed by atoms with Crippen molar-refractivity contribution in [1.82, 2.24) is 9.88 Å². The minimum Gasteiger partial charge on any atom is -0.359 e. The third-order valence-corrected chi connectivity index (χ3v) is 7.70. The molecule has 0 atom stereocenters. The van der Waals surface area contributed by atoms with Crippen molar-refractivity contribution in [2.45, 2.75) is 45.1 Å². The second-order valence-corrected chi connectivity index (χ2v) is 9.62. The van der Waals surface area contributed by atoms with Crippen LogP contribution in [0.1, 0.15) is 39.0 Å². The molecule has 0 aromatic carbocycles. The van der Waals surface area contributed by atoms with E-state index in [1.807, 2.05) is 11.4 Å². The van der Waals surface area contributed by atoms with E-state index in [1.54, 1.807) is 22.7 Å². The number of piperazine rings is 1. The van der Waals surface area contributed by atoms with Crippen LogP contribution in [0.25, 0.3) is 10.6 Å². The predicted molar refractivity (Wildman–Crippen MR) is 115 cm³/mol. The van der Waals surface area contributed by atoms with Crippen molar-refractivity contribution < 1.29 is 4.79 Å². The van der Waals surface area contributed by atoms with Gasteiger partial charge in [0, 0.05) is 44.5 Å². The molecule has 1 saturated heterocycles. The Morgan fingerprint density at radius 2 is 1.96 bits per heavy atom.